The summed E-state index contributed by atoms with van der Waals surface area (Å²) in [5.74, 6) is 0.845. The van der Waals surface area contributed by atoms with Gasteiger partial charge in [0.25, 0.3) is 0 Å². The van der Waals surface area contributed by atoms with Crippen LogP contribution in [0.5, 0.6) is 0 Å². The second-order valence-corrected chi connectivity index (χ2v) is 4.54. The van der Waals surface area contributed by atoms with Gasteiger partial charge in [-0.2, -0.15) is 0 Å². The quantitative estimate of drug-likeness (QED) is 0.820. The van der Waals surface area contributed by atoms with Gasteiger partial charge in [-0.05, 0) is 25.8 Å². The van der Waals surface area contributed by atoms with E-state index in [0.29, 0.717) is 41.3 Å². The minimum atomic E-state index is -0.273. The average molecular weight is 274 g/mol. The molecule has 0 atom stereocenters. The average Bonchev–Trinajstić information content (AvgIpc) is 2.76. The van der Waals surface area contributed by atoms with E-state index in [1.54, 1.807) is 13.0 Å². The largest absolute Gasteiger partial charge is 0.365 e. The zero-order valence-electron chi connectivity index (χ0n) is 12.0. The normalized spacial score (nSPS) is 11.9. The van der Waals surface area contributed by atoms with Crippen LogP contribution in [0.2, 0.25) is 0 Å². The number of hydrogen-bond acceptors (Lipinski definition) is 3. The number of aryl methyl sites for hydroxylation is 2. The van der Waals surface area contributed by atoms with E-state index in [-0.39, 0.29) is 5.82 Å². The molecule has 2 heterocycles. The number of aromatic amines is 1. The van der Waals surface area contributed by atoms with Gasteiger partial charge in [-0.3, -0.25) is 0 Å². The van der Waals surface area contributed by atoms with E-state index >= 15 is 0 Å². The zero-order valence-corrected chi connectivity index (χ0v) is 12.0. The van der Waals surface area contributed by atoms with Crippen LogP contribution in [-0.2, 0) is 6.42 Å². The molecule has 0 aliphatic carbocycles. The maximum Gasteiger partial charge on any atom is 0.157 e. The maximum atomic E-state index is 14.3. The van der Waals surface area contributed by atoms with Crippen LogP contribution in [0, 0.1) is 12.7 Å². The van der Waals surface area contributed by atoms with Gasteiger partial charge in [0.2, 0.25) is 0 Å². The van der Waals surface area contributed by atoms with Crippen molar-refractivity contribution in [2.24, 2.45) is 0 Å². The van der Waals surface area contributed by atoms with Crippen LogP contribution in [0.25, 0.3) is 11.0 Å². The van der Waals surface area contributed by atoms with Gasteiger partial charge in [0.1, 0.15) is 17.3 Å². The molecule has 2 N–H and O–H groups in total. The number of halogens is 1. The summed E-state index contributed by atoms with van der Waals surface area (Å²) in [6.45, 7) is 9.92. The van der Waals surface area contributed by atoms with Gasteiger partial charge in [-0.25, -0.2) is 14.4 Å². The van der Waals surface area contributed by atoms with Crippen LogP contribution in [0.15, 0.2) is 24.3 Å². The number of anilines is 1. The Morgan fingerprint density at radius 3 is 2.80 bits per heavy atom. The van der Waals surface area contributed by atoms with Crippen LogP contribution in [0.4, 0.5) is 10.2 Å². The predicted molar refractivity (Wildman–Crippen MR) is 80.4 cm³/mol. The summed E-state index contributed by atoms with van der Waals surface area (Å²) in [6.07, 6.45) is 4.31. The summed E-state index contributed by atoms with van der Waals surface area (Å²) in [4.78, 5) is 11.6. The minimum absolute atomic E-state index is 0.273. The van der Waals surface area contributed by atoms with Crippen molar-refractivity contribution < 1.29 is 4.39 Å². The molecule has 0 radical (unpaired) electrons. The Balaban J connectivity index is 2.46. The molecular weight excluding hydrogens is 255 g/mol. The Hall–Kier alpha value is -2.17. The SMILES string of the molecule is C=C/C(=C\C)CNc1nc(C)nc2[nH]c(CC)c(F)c12. The predicted octanol–water partition coefficient (Wildman–Crippen LogP) is 3.51. The third-order valence-electron chi connectivity index (χ3n) is 3.22. The first-order valence-corrected chi connectivity index (χ1v) is 6.66. The van der Waals surface area contributed by atoms with Crippen molar-refractivity contribution in [3.05, 3.63) is 41.6 Å². The van der Waals surface area contributed by atoms with E-state index in [0.717, 1.165) is 5.57 Å². The molecule has 4 nitrogen and oxygen atoms in total. The summed E-state index contributed by atoms with van der Waals surface area (Å²) >= 11 is 0. The second kappa shape index (κ2) is 5.86. The van der Waals surface area contributed by atoms with Crippen molar-refractivity contribution in [1.82, 2.24) is 15.0 Å². The van der Waals surface area contributed by atoms with E-state index in [4.69, 9.17) is 0 Å². The molecule has 5 heteroatoms. The first-order chi connectivity index (χ1) is 9.60. The number of rotatable bonds is 5. The topological polar surface area (TPSA) is 53.6 Å². The molecule has 0 amide bonds. The number of aromatic nitrogens is 3. The number of allylic oxidation sites excluding steroid dienone is 1. The van der Waals surface area contributed by atoms with Crippen LogP contribution in [0.3, 0.4) is 0 Å². The highest BCUT2D eigenvalue weighted by Gasteiger charge is 2.16. The highest BCUT2D eigenvalue weighted by atomic mass is 19.1. The monoisotopic (exact) mass is 274 g/mol. The Morgan fingerprint density at radius 1 is 1.45 bits per heavy atom. The van der Waals surface area contributed by atoms with Gasteiger partial charge in [-0.1, -0.05) is 25.7 Å². The molecule has 0 saturated heterocycles. The number of nitrogens with one attached hydrogen (secondary N) is 2. The lowest BCUT2D eigenvalue weighted by molar-refractivity contribution is 0.622. The number of hydrogen-bond donors (Lipinski definition) is 2. The van der Waals surface area contributed by atoms with Crippen LogP contribution in [0.1, 0.15) is 25.4 Å². The van der Waals surface area contributed by atoms with Crippen molar-refractivity contribution in [3.63, 3.8) is 0 Å². The van der Waals surface area contributed by atoms with E-state index in [1.807, 2.05) is 19.9 Å². The van der Waals surface area contributed by atoms with E-state index in [9.17, 15) is 4.39 Å². The minimum Gasteiger partial charge on any atom is -0.365 e. The fourth-order valence-corrected chi connectivity index (χ4v) is 2.07. The fourth-order valence-electron chi connectivity index (χ4n) is 2.07. The number of H-pyrrole nitrogens is 1. The summed E-state index contributed by atoms with van der Waals surface area (Å²) < 4.78 is 14.3. The molecule has 0 unspecified atom stereocenters. The zero-order chi connectivity index (χ0) is 14.7. The van der Waals surface area contributed by atoms with Crippen molar-refractivity contribution in [3.8, 4) is 0 Å². The van der Waals surface area contributed by atoms with Gasteiger partial charge in [-0.15, -0.1) is 0 Å². The Kier molecular flexibility index (Phi) is 4.17. The molecule has 0 aromatic carbocycles. The van der Waals surface area contributed by atoms with E-state index in [2.05, 4.69) is 26.8 Å². The third-order valence-corrected chi connectivity index (χ3v) is 3.22. The van der Waals surface area contributed by atoms with Crippen LogP contribution < -0.4 is 5.32 Å². The molecule has 0 bridgehead atoms. The van der Waals surface area contributed by atoms with E-state index < -0.39 is 0 Å². The van der Waals surface area contributed by atoms with Gasteiger partial charge in [0.05, 0.1) is 11.1 Å². The summed E-state index contributed by atoms with van der Waals surface area (Å²) in [6, 6.07) is 0. The Labute approximate surface area is 117 Å². The molecule has 0 aliphatic heterocycles. The molecule has 2 rings (SSSR count). The van der Waals surface area contributed by atoms with Gasteiger partial charge in [0.15, 0.2) is 5.82 Å². The molecule has 0 fully saturated rings. The highest BCUT2D eigenvalue weighted by Crippen LogP contribution is 2.26. The highest BCUT2D eigenvalue weighted by molar-refractivity contribution is 5.88. The van der Waals surface area contributed by atoms with Crippen molar-refractivity contribution in [2.75, 3.05) is 11.9 Å². The van der Waals surface area contributed by atoms with Gasteiger partial charge < -0.3 is 10.3 Å². The van der Waals surface area contributed by atoms with E-state index in [1.165, 1.54) is 0 Å². The smallest absolute Gasteiger partial charge is 0.157 e. The van der Waals surface area contributed by atoms with Crippen molar-refractivity contribution in [1.29, 1.82) is 0 Å². The second-order valence-electron chi connectivity index (χ2n) is 4.54. The first-order valence-electron chi connectivity index (χ1n) is 6.66. The van der Waals surface area contributed by atoms with Gasteiger partial charge in [0, 0.05) is 6.54 Å². The fraction of sp³-hybridized carbons (Fsp3) is 0.333. The molecule has 106 valence electrons. The number of fused-ring (bicyclic) bond motifs is 1. The first kappa shape index (κ1) is 14.2. The molecule has 2 aromatic rings. The Morgan fingerprint density at radius 2 is 2.20 bits per heavy atom. The molecule has 0 saturated carbocycles. The lowest BCUT2D eigenvalue weighted by Gasteiger charge is -2.08. The lowest BCUT2D eigenvalue weighted by Crippen LogP contribution is -2.07. The Bertz CT molecular complexity index is 670. The van der Waals surface area contributed by atoms with Crippen molar-refractivity contribution in [2.45, 2.75) is 27.2 Å². The van der Waals surface area contributed by atoms with Crippen LogP contribution in [-0.4, -0.2) is 21.5 Å². The van der Waals surface area contributed by atoms with Crippen LogP contribution >= 0.6 is 0 Å². The molecule has 0 aliphatic rings. The standard InChI is InChI=1S/C15H19FN4/c1-5-10(6-2)8-17-14-12-13(16)11(7-3)20-15(12)19-9(4)18-14/h5-6H,1,7-8H2,2-4H3,(H2,17,18,19,20)/b10-6+. The summed E-state index contributed by atoms with van der Waals surface area (Å²) in [7, 11) is 0. The molecular formula is C15H19FN4. The molecule has 0 spiro atoms. The number of nitrogens with zero attached hydrogens (tertiary/aromatic N) is 2. The van der Waals surface area contributed by atoms with Crippen molar-refractivity contribution >= 4 is 16.9 Å². The summed E-state index contributed by atoms with van der Waals surface area (Å²) in [5.41, 5.74) is 2.12. The summed E-state index contributed by atoms with van der Waals surface area (Å²) in [5, 5.41) is 3.58. The maximum absolute atomic E-state index is 14.3. The molecule has 2 aromatic heterocycles. The third kappa shape index (κ3) is 2.57. The van der Waals surface area contributed by atoms with Gasteiger partial charge >= 0.3 is 0 Å². The molecule has 20 heavy (non-hydrogen) atoms. The lowest BCUT2D eigenvalue weighted by atomic mass is 10.2.